The van der Waals surface area contributed by atoms with Gasteiger partial charge in [-0.05, 0) is 51.0 Å². The summed E-state index contributed by atoms with van der Waals surface area (Å²) in [5, 5.41) is 3.41. The fourth-order valence-electron chi connectivity index (χ4n) is 2.47. The Morgan fingerprint density at radius 1 is 1.44 bits per heavy atom. The predicted octanol–water partition coefficient (Wildman–Crippen LogP) is 2.18. The fourth-order valence-corrected chi connectivity index (χ4v) is 2.47. The summed E-state index contributed by atoms with van der Waals surface area (Å²) < 4.78 is 13.4. The molecule has 0 unspecified atom stereocenters. The number of pyridine rings is 1. The van der Waals surface area contributed by atoms with Crippen molar-refractivity contribution in [2.24, 2.45) is 0 Å². The Balaban J connectivity index is 1.74. The van der Waals surface area contributed by atoms with Crippen LogP contribution in [0.2, 0.25) is 0 Å². The largest absolute Gasteiger partial charge is 0.308 e. The third kappa shape index (κ3) is 3.75. The number of halogens is 1. The maximum atomic E-state index is 13.4. The van der Waals surface area contributed by atoms with Gasteiger partial charge in [-0.25, -0.2) is 4.39 Å². The van der Waals surface area contributed by atoms with Crippen LogP contribution >= 0.6 is 0 Å². The first kappa shape index (κ1) is 13.4. The zero-order chi connectivity index (χ0) is 12.8. The van der Waals surface area contributed by atoms with Crippen molar-refractivity contribution in [3.8, 4) is 0 Å². The van der Waals surface area contributed by atoms with E-state index in [1.807, 2.05) is 0 Å². The highest BCUT2D eigenvalue weighted by Gasteiger charge is 2.18. The SMILES string of the molecule is CCCN1CCC(NCc2ncccc2F)CC1. The molecule has 0 aromatic carbocycles. The molecule has 100 valence electrons. The molecule has 1 aliphatic heterocycles. The van der Waals surface area contributed by atoms with Crippen LogP contribution in [0.25, 0.3) is 0 Å². The van der Waals surface area contributed by atoms with Gasteiger partial charge in [0.15, 0.2) is 0 Å². The zero-order valence-corrected chi connectivity index (χ0v) is 11.0. The lowest BCUT2D eigenvalue weighted by Crippen LogP contribution is -2.42. The van der Waals surface area contributed by atoms with Crippen molar-refractivity contribution in [2.75, 3.05) is 19.6 Å². The standard InChI is InChI=1S/C14H22FN3/c1-2-8-18-9-5-12(6-10-18)17-11-14-13(15)4-3-7-16-14/h3-4,7,12,17H,2,5-6,8-11H2,1H3. The molecule has 0 spiro atoms. The fraction of sp³-hybridized carbons (Fsp3) is 0.643. The second-order valence-corrected chi connectivity index (χ2v) is 4.93. The molecule has 0 amide bonds. The Morgan fingerprint density at radius 3 is 2.89 bits per heavy atom. The lowest BCUT2D eigenvalue weighted by Gasteiger charge is -2.32. The Morgan fingerprint density at radius 2 is 2.22 bits per heavy atom. The summed E-state index contributed by atoms with van der Waals surface area (Å²) in [6.07, 6.45) is 5.16. The molecule has 4 heteroatoms. The molecule has 0 bridgehead atoms. The molecule has 3 nitrogen and oxygen atoms in total. The Labute approximate surface area is 108 Å². The van der Waals surface area contributed by atoms with E-state index in [9.17, 15) is 4.39 Å². The van der Waals surface area contributed by atoms with Crippen LogP contribution in [0.5, 0.6) is 0 Å². The number of aromatic nitrogens is 1. The Bertz CT molecular complexity index is 362. The summed E-state index contributed by atoms with van der Waals surface area (Å²) in [6.45, 7) is 6.24. The number of rotatable bonds is 5. The van der Waals surface area contributed by atoms with E-state index in [0.717, 1.165) is 25.9 Å². The van der Waals surface area contributed by atoms with Crippen molar-refractivity contribution < 1.29 is 4.39 Å². The van der Waals surface area contributed by atoms with E-state index in [0.29, 0.717) is 18.3 Å². The van der Waals surface area contributed by atoms with Crippen LogP contribution in [0.15, 0.2) is 18.3 Å². The molecule has 0 atom stereocenters. The van der Waals surface area contributed by atoms with E-state index in [1.165, 1.54) is 19.0 Å². The zero-order valence-electron chi connectivity index (χ0n) is 11.0. The van der Waals surface area contributed by atoms with E-state index in [2.05, 4.69) is 22.1 Å². The molecule has 1 fully saturated rings. The van der Waals surface area contributed by atoms with E-state index < -0.39 is 0 Å². The molecule has 2 heterocycles. The highest BCUT2D eigenvalue weighted by atomic mass is 19.1. The molecule has 1 aromatic heterocycles. The number of hydrogen-bond donors (Lipinski definition) is 1. The van der Waals surface area contributed by atoms with Gasteiger partial charge in [-0.2, -0.15) is 0 Å². The van der Waals surface area contributed by atoms with Gasteiger partial charge in [0, 0.05) is 18.8 Å². The molecule has 1 N–H and O–H groups in total. The van der Waals surface area contributed by atoms with Crippen LogP contribution < -0.4 is 5.32 Å². The van der Waals surface area contributed by atoms with E-state index in [4.69, 9.17) is 0 Å². The monoisotopic (exact) mass is 251 g/mol. The van der Waals surface area contributed by atoms with E-state index in [-0.39, 0.29) is 5.82 Å². The van der Waals surface area contributed by atoms with Crippen LogP contribution in [0.3, 0.4) is 0 Å². The first-order valence-corrected chi connectivity index (χ1v) is 6.84. The predicted molar refractivity (Wildman–Crippen MR) is 70.8 cm³/mol. The summed E-state index contributed by atoms with van der Waals surface area (Å²) in [7, 11) is 0. The average Bonchev–Trinajstić information content (AvgIpc) is 2.40. The molecule has 1 saturated heterocycles. The Kier molecular flexibility index (Phi) is 5.08. The number of nitrogens with zero attached hydrogens (tertiary/aromatic N) is 2. The van der Waals surface area contributed by atoms with Gasteiger partial charge in [0.05, 0.1) is 5.69 Å². The van der Waals surface area contributed by atoms with Crippen molar-refractivity contribution >= 4 is 0 Å². The molecular formula is C14H22FN3. The van der Waals surface area contributed by atoms with Gasteiger partial charge < -0.3 is 10.2 Å². The molecule has 0 aliphatic carbocycles. The number of likely N-dealkylation sites (tertiary alicyclic amines) is 1. The first-order chi connectivity index (χ1) is 8.79. The molecule has 0 radical (unpaired) electrons. The normalized spacial score (nSPS) is 18.1. The van der Waals surface area contributed by atoms with E-state index >= 15 is 0 Å². The molecule has 0 saturated carbocycles. The van der Waals surface area contributed by atoms with Crippen molar-refractivity contribution in [3.63, 3.8) is 0 Å². The summed E-state index contributed by atoms with van der Waals surface area (Å²) in [5.41, 5.74) is 0.522. The summed E-state index contributed by atoms with van der Waals surface area (Å²) in [6, 6.07) is 3.59. The van der Waals surface area contributed by atoms with Gasteiger partial charge in [-0.3, -0.25) is 4.98 Å². The third-order valence-electron chi connectivity index (χ3n) is 3.52. The minimum absolute atomic E-state index is 0.214. The maximum absolute atomic E-state index is 13.4. The molecule has 1 aromatic rings. The van der Waals surface area contributed by atoms with Crippen LogP contribution in [0.4, 0.5) is 4.39 Å². The van der Waals surface area contributed by atoms with Gasteiger partial charge >= 0.3 is 0 Å². The van der Waals surface area contributed by atoms with Gasteiger partial charge in [0.2, 0.25) is 0 Å². The van der Waals surface area contributed by atoms with E-state index in [1.54, 1.807) is 12.3 Å². The van der Waals surface area contributed by atoms with Crippen molar-refractivity contribution in [1.82, 2.24) is 15.2 Å². The number of piperidine rings is 1. The highest BCUT2D eigenvalue weighted by Crippen LogP contribution is 2.11. The molecule has 2 rings (SSSR count). The minimum Gasteiger partial charge on any atom is -0.308 e. The van der Waals surface area contributed by atoms with Crippen LogP contribution in [0, 0.1) is 5.82 Å². The van der Waals surface area contributed by atoms with Crippen molar-refractivity contribution in [1.29, 1.82) is 0 Å². The van der Waals surface area contributed by atoms with Crippen LogP contribution in [-0.2, 0) is 6.54 Å². The highest BCUT2D eigenvalue weighted by molar-refractivity contribution is 5.06. The first-order valence-electron chi connectivity index (χ1n) is 6.84. The Hall–Kier alpha value is -1.00. The van der Waals surface area contributed by atoms with Gasteiger partial charge in [0.25, 0.3) is 0 Å². The molecule has 18 heavy (non-hydrogen) atoms. The topological polar surface area (TPSA) is 28.2 Å². The van der Waals surface area contributed by atoms with Gasteiger partial charge in [-0.15, -0.1) is 0 Å². The lowest BCUT2D eigenvalue weighted by molar-refractivity contribution is 0.197. The van der Waals surface area contributed by atoms with Crippen molar-refractivity contribution in [2.45, 2.75) is 38.8 Å². The summed E-state index contributed by atoms with van der Waals surface area (Å²) in [5.74, 6) is -0.214. The second-order valence-electron chi connectivity index (χ2n) is 4.93. The van der Waals surface area contributed by atoms with Gasteiger partial charge in [0.1, 0.15) is 5.82 Å². The van der Waals surface area contributed by atoms with Crippen LogP contribution in [0.1, 0.15) is 31.9 Å². The third-order valence-corrected chi connectivity index (χ3v) is 3.52. The summed E-state index contributed by atoms with van der Waals surface area (Å²) >= 11 is 0. The maximum Gasteiger partial charge on any atom is 0.146 e. The molecule has 1 aliphatic rings. The molecular weight excluding hydrogens is 229 g/mol. The number of hydrogen-bond acceptors (Lipinski definition) is 3. The quantitative estimate of drug-likeness (QED) is 0.869. The lowest BCUT2D eigenvalue weighted by atomic mass is 10.0. The van der Waals surface area contributed by atoms with Gasteiger partial charge in [-0.1, -0.05) is 6.92 Å². The summed E-state index contributed by atoms with van der Waals surface area (Å²) in [4.78, 5) is 6.56. The number of nitrogens with one attached hydrogen (secondary N) is 1. The van der Waals surface area contributed by atoms with Crippen LogP contribution in [-0.4, -0.2) is 35.6 Å². The minimum atomic E-state index is -0.214. The smallest absolute Gasteiger partial charge is 0.146 e. The second kappa shape index (κ2) is 6.81. The average molecular weight is 251 g/mol. The van der Waals surface area contributed by atoms with Crippen molar-refractivity contribution in [3.05, 3.63) is 29.8 Å².